The van der Waals surface area contributed by atoms with Gasteiger partial charge in [-0.2, -0.15) is 5.26 Å². The number of aromatic nitrogens is 8. The first-order valence-corrected chi connectivity index (χ1v) is 14.7. The van der Waals surface area contributed by atoms with Crippen LogP contribution in [0.4, 0.5) is 11.6 Å². The maximum absolute atomic E-state index is 9.07. The number of nitriles is 1. The molecule has 1 aliphatic rings. The molecule has 0 amide bonds. The molecule has 12 nitrogen and oxygen atoms in total. The number of piperidine rings is 1. The fourth-order valence-corrected chi connectivity index (χ4v) is 5.58. The average molecular weight is 595 g/mol. The van der Waals surface area contributed by atoms with Crippen molar-refractivity contribution < 1.29 is 0 Å². The number of fused-ring (bicyclic) bond motifs is 1. The summed E-state index contributed by atoms with van der Waals surface area (Å²) in [6.45, 7) is 4.72. The molecular formula is C33H30N12. The fourth-order valence-electron chi connectivity index (χ4n) is 5.58. The summed E-state index contributed by atoms with van der Waals surface area (Å²) in [6, 6.07) is 20.2. The van der Waals surface area contributed by atoms with Gasteiger partial charge in [-0.3, -0.25) is 9.47 Å². The number of rotatable bonds is 7. The van der Waals surface area contributed by atoms with Gasteiger partial charge in [0.25, 0.3) is 0 Å². The number of aryl methyl sites for hydroxylation is 1. The van der Waals surface area contributed by atoms with Crippen molar-refractivity contribution in [3.05, 3.63) is 96.3 Å². The largest absolute Gasteiger partial charge is 0.383 e. The van der Waals surface area contributed by atoms with E-state index in [9.17, 15) is 0 Å². The second kappa shape index (κ2) is 12.1. The van der Waals surface area contributed by atoms with Gasteiger partial charge in [0.2, 0.25) is 5.82 Å². The molecule has 3 N–H and O–H groups in total. The number of nitrogen functional groups attached to an aromatic ring is 1. The van der Waals surface area contributed by atoms with Gasteiger partial charge < -0.3 is 11.1 Å². The lowest BCUT2D eigenvalue weighted by atomic mass is 10.0. The summed E-state index contributed by atoms with van der Waals surface area (Å²) in [6.07, 6.45) is 8.83. The van der Waals surface area contributed by atoms with Crippen molar-refractivity contribution in [3.63, 3.8) is 0 Å². The summed E-state index contributed by atoms with van der Waals surface area (Å²) in [5.41, 5.74) is 12.2. The van der Waals surface area contributed by atoms with Crippen LogP contribution in [0.1, 0.15) is 29.8 Å². The third-order valence-electron chi connectivity index (χ3n) is 7.89. The normalized spacial score (nSPS) is 14.0. The van der Waals surface area contributed by atoms with Crippen molar-refractivity contribution in [2.45, 2.75) is 32.4 Å². The predicted octanol–water partition coefficient (Wildman–Crippen LogP) is 4.57. The van der Waals surface area contributed by atoms with Gasteiger partial charge >= 0.3 is 0 Å². The van der Waals surface area contributed by atoms with Crippen LogP contribution in [0.3, 0.4) is 0 Å². The molecule has 1 aliphatic heterocycles. The standard InChI is InChI=1S/C33H30N12/c1-21-18-38-31(39-19-21)26-8-9-27-33(41-26)45(32(42-27)25-3-2-13-37-30(25)35)24-6-4-22(5-7-24)20-44-15-11-23(12-16-44)40-28-10-14-36-29(17-34)43-28/h2-10,13-14,18-19,23H,11-12,15-16,20H2,1H3,(H2,35,37)(H,36,40,43). The number of imidazole rings is 1. The highest BCUT2D eigenvalue weighted by Crippen LogP contribution is 2.31. The predicted molar refractivity (Wildman–Crippen MR) is 171 cm³/mol. The molecule has 0 aliphatic carbocycles. The van der Waals surface area contributed by atoms with E-state index in [0.717, 1.165) is 54.8 Å². The van der Waals surface area contributed by atoms with E-state index in [-0.39, 0.29) is 5.82 Å². The van der Waals surface area contributed by atoms with E-state index in [1.54, 1.807) is 30.9 Å². The van der Waals surface area contributed by atoms with Crippen LogP contribution in [0.2, 0.25) is 0 Å². The molecule has 1 fully saturated rings. The van der Waals surface area contributed by atoms with Crippen molar-refractivity contribution in [1.29, 1.82) is 5.26 Å². The van der Waals surface area contributed by atoms with Crippen LogP contribution in [0.25, 0.3) is 39.8 Å². The minimum absolute atomic E-state index is 0.178. The molecule has 6 heterocycles. The highest BCUT2D eigenvalue weighted by molar-refractivity contribution is 5.84. The summed E-state index contributed by atoms with van der Waals surface area (Å²) >= 11 is 0. The summed E-state index contributed by atoms with van der Waals surface area (Å²) in [7, 11) is 0. The lowest BCUT2D eigenvalue weighted by molar-refractivity contribution is 0.211. The van der Waals surface area contributed by atoms with Gasteiger partial charge in [-0.25, -0.2) is 34.9 Å². The van der Waals surface area contributed by atoms with Crippen LogP contribution in [0, 0.1) is 18.3 Å². The average Bonchev–Trinajstić information content (AvgIpc) is 3.45. The molecule has 7 rings (SSSR count). The molecular weight excluding hydrogens is 564 g/mol. The number of nitrogens with zero attached hydrogens (tertiary/aromatic N) is 10. The summed E-state index contributed by atoms with van der Waals surface area (Å²) in [4.78, 5) is 33.8. The number of hydrogen-bond donors (Lipinski definition) is 2. The molecule has 12 heteroatoms. The van der Waals surface area contributed by atoms with Crippen LogP contribution in [0.15, 0.2) is 79.4 Å². The molecule has 0 radical (unpaired) electrons. The first-order chi connectivity index (χ1) is 22.0. The van der Waals surface area contributed by atoms with Crippen molar-refractivity contribution in [1.82, 2.24) is 44.4 Å². The number of benzene rings is 1. The van der Waals surface area contributed by atoms with Gasteiger partial charge in [0, 0.05) is 56.2 Å². The van der Waals surface area contributed by atoms with E-state index in [1.165, 1.54) is 5.56 Å². The molecule has 0 spiro atoms. The fraction of sp³-hybridized carbons (Fsp3) is 0.212. The SMILES string of the molecule is Cc1cnc(-c2ccc3nc(-c4cccnc4N)n(-c4ccc(CN5CCC(Nc6ccnc(C#N)n6)CC5)cc4)c3n2)nc1. The third-order valence-corrected chi connectivity index (χ3v) is 7.89. The Labute approximate surface area is 259 Å². The molecule has 45 heavy (non-hydrogen) atoms. The molecule has 222 valence electrons. The monoisotopic (exact) mass is 594 g/mol. The van der Waals surface area contributed by atoms with Crippen LogP contribution >= 0.6 is 0 Å². The minimum Gasteiger partial charge on any atom is -0.383 e. The third kappa shape index (κ3) is 5.89. The van der Waals surface area contributed by atoms with Crippen molar-refractivity contribution in [2.24, 2.45) is 0 Å². The zero-order valence-electron chi connectivity index (χ0n) is 24.7. The highest BCUT2D eigenvalue weighted by atomic mass is 15.2. The van der Waals surface area contributed by atoms with Gasteiger partial charge in [0.05, 0.1) is 5.56 Å². The molecule has 0 bridgehead atoms. The lowest BCUT2D eigenvalue weighted by Crippen LogP contribution is -2.38. The maximum Gasteiger partial charge on any atom is 0.234 e. The Hall–Kier alpha value is -5.80. The Morgan fingerprint density at radius 2 is 1.71 bits per heavy atom. The number of pyridine rings is 2. The Bertz CT molecular complexity index is 2000. The molecule has 6 aromatic rings. The Morgan fingerprint density at radius 3 is 2.47 bits per heavy atom. The van der Waals surface area contributed by atoms with Crippen molar-refractivity contribution in [2.75, 3.05) is 24.1 Å². The van der Waals surface area contributed by atoms with Crippen LogP contribution in [-0.4, -0.2) is 63.5 Å². The molecule has 1 saturated heterocycles. The van der Waals surface area contributed by atoms with Crippen molar-refractivity contribution in [3.8, 4) is 34.7 Å². The van der Waals surface area contributed by atoms with E-state index in [2.05, 4.69) is 59.4 Å². The maximum atomic E-state index is 9.07. The van der Waals surface area contributed by atoms with Crippen LogP contribution < -0.4 is 11.1 Å². The number of nitrogens with two attached hydrogens (primary N) is 1. The zero-order valence-corrected chi connectivity index (χ0v) is 24.7. The summed E-state index contributed by atoms with van der Waals surface area (Å²) in [5, 5.41) is 12.5. The quantitative estimate of drug-likeness (QED) is 0.266. The first-order valence-electron chi connectivity index (χ1n) is 14.7. The van der Waals surface area contributed by atoms with E-state index in [4.69, 9.17) is 21.0 Å². The van der Waals surface area contributed by atoms with Crippen molar-refractivity contribution >= 4 is 22.8 Å². The van der Waals surface area contributed by atoms with Gasteiger partial charge in [-0.1, -0.05) is 12.1 Å². The topological polar surface area (TPSA) is 160 Å². The van der Waals surface area contributed by atoms with Gasteiger partial charge in [0.15, 0.2) is 17.3 Å². The number of hydrogen-bond acceptors (Lipinski definition) is 11. The molecule has 0 unspecified atom stereocenters. The van der Waals surface area contributed by atoms with E-state index in [0.29, 0.717) is 40.7 Å². The summed E-state index contributed by atoms with van der Waals surface area (Å²) < 4.78 is 2.02. The number of nitrogens with one attached hydrogen (secondary N) is 1. The lowest BCUT2D eigenvalue weighted by Gasteiger charge is -2.32. The molecule has 0 atom stereocenters. The van der Waals surface area contributed by atoms with E-state index in [1.807, 2.05) is 41.8 Å². The van der Waals surface area contributed by atoms with Crippen LogP contribution in [-0.2, 0) is 6.54 Å². The number of anilines is 2. The Kier molecular flexibility index (Phi) is 7.51. The summed E-state index contributed by atoms with van der Waals surface area (Å²) in [5.74, 6) is 2.49. The Morgan fingerprint density at radius 1 is 0.911 bits per heavy atom. The smallest absolute Gasteiger partial charge is 0.234 e. The number of likely N-dealkylation sites (tertiary alicyclic amines) is 1. The van der Waals surface area contributed by atoms with Gasteiger partial charge in [0.1, 0.15) is 28.9 Å². The van der Waals surface area contributed by atoms with Gasteiger partial charge in [-0.15, -0.1) is 0 Å². The van der Waals surface area contributed by atoms with Crippen LogP contribution in [0.5, 0.6) is 0 Å². The second-order valence-corrected chi connectivity index (χ2v) is 11.1. The Balaban J connectivity index is 1.13. The van der Waals surface area contributed by atoms with Gasteiger partial charge in [-0.05, 0) is 73.4 Å². The second-order valence-electron chi connectivity index (χ2n) is 11.1. The molecule has 0 saturated carbocycles. The highest BCUT2D eigenvalue weighted by Gasteiger charge is 2.21. The van der Waals surface area contributed by atoms with E-state index >= 15 is 0 Å². The zero-order chi connectivity index (χ0) is 30.8. The molecule has 5 aromatic heterocycles. The van der Waals surface area contributed by atoms with E-state index < -0.39 is 0 Å². The molecule has 1 aromatic carbocycles. The first kappa shape index (κ1) is 28.0. The minimum atomic E-state index is 0.178.